The van der Waals surface area contributed by atoms with Crippen LogP contribution in [0.4, 0.5) is 4.39 Å². The van der Waals surface area contributed by atoms with Crippen LogP contribution in [0.25, 0.3) is 6.08 Å². The number of ether oxygens (including phenoxy) is 4. The number of carbonyl (C=O) groups is 1. The van der Waals surface area contributed by atoms with Crippen LogP contribution in [-0.4, -0.2) is 71.4 Å². The van der Waals surface area contributed by atoms with Crippen LogP contribution < -0.4 is 14.2 Å². The second-order valence-corrected chi connectivity index (χ2v) is 7.35. The minimum absolute atomic E-state index is 0.0160. The van der Waals surface area contributed by atoms with Crippen molar-refractivity contribution >= 4 is 23.6 Å². The van der Waals surface area contributed by atoms with E-state index in [9.17, 15) is 9.18 Å². The lowest BCUT2D eigenvalue weighted by Gasteiger charge is -2.32. The molecule has 1 aliphatic rings. The molecular formula is C23H24ClFN4O5. The van der Waals surface area contributed by atoms with E-state index in [1.54, 1.807) is 23.1 Å². The van der Waals surface area contributed by atoms with Gasteiger partial charge in [0.15, 0.2) is 0 Å². The standard InChI is InChI=1S/C23H24ClFN4O5/c1-3-11-32-21-26-22(33-12-4-2)28-23(27-21)34-15-16-14-29(10-13-31-16)20(30)9-8-17-18(24)6-5-7-19(17)25/h3-9,16H,1-2,10-15H2/b9-8+. The van der Waals surface area contributed by atoms with Crippen LogP contribution in [0.5, 0.6) is 18.0 Å². The van der Waals surface area contributed by atoms with E-state index in [4.69, 9.17) is 30.5 Å². The van der Waals surface area contributed by atoms with Crippen molar-refractivity contribution in [3.05, 3.63) is 66.0 Å². The highest BCUT2D eigenvalue weighted by Crippen LogP contribution is 2.21. The first-order valence-electron chi connectivity index (χ1n) is 10.4. The van der Waals surface area contributed by atoms with E-state index in [2.05, 4.69) is 28.1 Å². The monoisotopic (exact) mass is 490 g/mol. The predicted octanol–water partition coefficient (Wildman–Crippen LogP) is 3.11. The molecule has 1 fully saturated rings. The lowest BCUT2D eigenvalue weighted by Crippen LogP contribution is -2.47. The second kappa shape index (κ2) is 12.7. The van der Waals surface area contributed by atoms with Crippen molar-refractivity contribution in [2.45, 2.75) is 6.10 Å². The van der Waals surface area contributed by atoms with Crippen LogP contribution in [0.1, 0.15) is 5.56 Å². The van der Waals surface area contributed by atoms with Gasteiger partial charge in [-0.15, -0.1) is 15.0 Å². The highest BCUT2D eigenvalue weighted by atomic mass is 35.5. The lowest BCUT2D eigenvalue weighted by molar-refractivity contribution is -0.134. The second-order valence-electron chi connectivity index (χ2n) is 6.94. The van der Waals surface area contributed by atoms with Crippen LogP contribution in [0.15, 0.2) is 49.6 Å². The molecular weight excluding hydrogens is 467 g/mol. The van der Waals surface area contributed by atoms with Crippen molar-refractivity contribution in [3.63, 3.8) is 0 Å². The lowest BCUT2D eigenvalue weighted by atomic mass is 10.2. The maximum Gasteiger partial charge on any atom is 0.326 e. The van der Waals surface area contributed by atoms with Gasteiger partial charge in [-0.3, -0.25) is 4.79 Å². The van der Waals surface area contributed by atoms with Crippen LogP contribution in [0, 0.1) is 5.82 Å². The Kier molecular flexibility index (Phi) is 9.36. The van der Waals surface area contributed by atoms with Gasteiger partial charge in [0.1, 0.15) is 31.7 Å². The Labute approximate surface area is 201 Å². The van der Waals surface area contributed by atoms with Crippen LogP contribution in [0.2, 0.25) is 5.02 Å². The maximum absolute atomic E-state index is 13.9. The number of nitrogens with zero attached hydrogens (tertiary/aromatic N) is 4. The zero-order valence-corrected chi connectivity index (χ0v) is 19.1. The van der Waals surface area contributed by atoms with E-state index in [1.165, 1.54) is 24.3 Å². The molecule has 0 aliphatic carbocycles. The SMILES string of the molecule is C=CCOc1nc(OCC=C)nc(OCC2CN(C(=O)/C=C/c3c(F)cccc3Cl)CCO2)n1. The summed E-state index contributed by atoms with van der Waals surface area (Å²) in [5, 5.41) is 0.225. The van der Waals surface area contributed by atoms with E-state index in [0.717, 1.165) is 0 Å². The van der Waals surface area contributed by atoms with E-state index in [0.29, 0.717) is 13.2 Å². The minimum atomic E-state index is -0.505. The first-order chi connectivity index (χ1) is 16.5. The molecule has 9 nitrogen and oxygen atoms in total. The number of aromatic nitrogens is 3. The molecule has 34 heavy (non-hydrogen) atoms. The van der Waals surface area contributed by atoms with E-state index < -0.39 is 11.9 Å². The molecule has 1 amide bonds. The molecule has 0 N–H and O–H groups in total. The molecule has 11 heteroatoms. The smallest absolute Gasteiger partial charge is 0.326 e. The maximum atomic E-state index is 13.9. The summed E-state index contributed by atoms with van der Waals surface area (Å²) in [7, 11) is 0. The normalized spacial score (nSPS) is 15.7. The number of morpholine rings is 1. The molecule has 2 heterocycles. The van der Waals surface area contributed by atoms with Crippen molar-refractivity contribution in [1.29, 1.82) is 0 Å². The average molecular weight is 491 g/mol. The van der Waals surface area contributed by atoms with Crippen molar-refractivity contribution in [2.75, 3.05) is 39.5 Å². The number of rotatable bonds is 11. The quantitative estimate of drug-likeness (QED) is 0.350. The Morgan fingerprint density at radius 3 is 2.41 bits per heavy atom. The topological polar surface area (TPSA) is 95.9 Å². The Morgan fingerprint density at radius 1 is 1.15 bits per heavy atom. The van der Waals surface area contributed by atoms with Crippen molar-refractivity contribution in [3.8, 4) is 18.0 Å². The van der Waals surface area contributed by atoms with Gasteiger partial charge in [-0.05, 0) is 18.2 Å². The fourth-order valence-electron chi connectivity index (χ4n) is 2.90. The van der Waals surface area contributed by atoms with Gasteiger partial charge in [0.2, 0.25) is 5.91 Å². The summed E-state index contributed by atoms with van der Waals surface area (Å²) in [6.45, 7) is 8.57. The molecule has 0 saturated carbocycles. The summed E-state index contributed by atoms with van der Waals surface area (Å²) in [4.78, 5) is 26.4. The van der Waals surface area contributed by atoms with Crippen molar-refractivity contribution in [1.82, 2.24) is 19.9 Å². The number of hydrogen-bond donors (Lipinski definition) is 0. The van der Waals surface area contributed by atoms with Crippen LogP contribution in [-0.2, 0) is 9.53 Å². The molecule has 1 saturated heterocycles. The minimum Gasteiger partial charge on any atom is -0.460 e. The molecule has 2 aromatic rings. The molecule has 1 aliphatic heterocycles. The molecule has 0 radical (unpaired) electrons. The van der Waals surface area contributed by atoms with E-state index in [1.807, 2.05) is 0 Å². The summed E-state index contributed by atoms with van der Waals surface area (Å²) >= 11 is 6.00. The van der Waals surface area contributed by atoms with Crippen molar-refractivity contribution in [2.24, 2.45) is 0 Å². The summed E-state index contributed by atoms with van der Waals surface area (Å²) < 4.78 is 35.9. The van der Waals surface area contributed by atoms with Gasteiger partial charge in [0.05, 0.1) is 18.2 Å². The third-order valence-corrected chi connectivity index (χ3v) is 4.81. The van der Waals surface area contributed by atoms with Crippen molar-refractivity contribution < 1.29 is 28.1 Å². The Morgan fingerprint density at radius 2 is 1.79 bits per heavy atom. The predicted molar refractivity (Wildman–Crippen MR) is 123 cm³/mol. The highest BCUT2D eigenvalue weighted by Gasteiger charge is 2.24. The summed E-state index contributed by atoms with van der Waals surface area (Å²) in [5.41, 5.74) is 0.157. The van der Waals surface area contributed by atoms with Gasteiger partial charge in [0.25, 0.3) is 0 Å². The van der Waals surface area contributed by atoms with Gasteiger partial charge in [0, 0.05) is 18.2 Å². The fourth-order valence-corrected chi connectivity index (χ4v) is 3.12. The third-order valence-electron chi connectivity index (χ3n) is 4.48. The first kappa shape index (κ1) is 25.1. The molecule has 3 rings (SSSR count). The summed E-state index contributed by atoms with van der Waals surface area (Å²) in [6.07, 6.45) is 5.30. The molecule has 1 atom stereocenters. The Bertz CT molecular complexity index is 1000. The van der Waals surface area contributed by atoms with Gasteiger partial charge < -0.3 is 23.8 Å². The van der Waals surface area contributed by atoms with Gasteiger partial charge in [-0.1, -0.05) is 43.0 Å². The van der Waals surface area contributed by atoms with Gasteiger partial charge >= 0.3 is 18.0 Å². The number of hydrogen-bond acceptors (Lipinski definition) is 8. The summed E-state index contributed by atoms with van der Waals surface area (Å²) in [5.74, 6) is -0.803. The number of amides is 1. The number of benzene rings is 1. The van der Waals surface area contributed by atoms with Gasteiger partial charge in [-0.2, -0.15) is 0 Å². The third kappa shape index (κ3) is 7.26. The zero-order chi connectivity index (χ0) is 24.3. The van der Waals surface area contributed by atoms with E-state index >= 15 is 0 Å². The van der Waals surface area contributed by atoms with Crippen LogP contribution in [0.3, 0.4) is 0 Å². The Hall–Kier alpha value is -3.50. The number of carbonyl (C=O) groups excluding carboxylic acids is 1. The fraction of sp³-hybridized carbons (Fsp3) is 0.304. The van der Waals surface area contributed by atoms with Gasteiger partial charge in [-0.25, -0.2) is 4.39 Å². The average Bonchev–Trinajstić information content (AvgIpc) is 2.84. The Balaban J connectivity index is 1.60. The molecule has 1 aromatic carbocycles. The molecule has 180 valence electrons. The largest absolute Gasteiger partial charge is 0.460 e. The number of halogens is 2. The summed E-state index contributed by atoms with van der Waals surface area (Å²) in [6, 6.07) is 4.35. The molecule has 1 unspecified atom stereocenters. The molecule has 1 aromatic heterocycles. The molecule has 0 bridgehead atoms. The highest BCUT2D eigenvalue weighted by molar-refractivity contribution is 6.32. The zero-order valence-electron chi connectivity index (χ0n) is 18.4. The van der Waals surface area contributed by atoms with E-state index in [-0.39, 0.29) is 60.9 Å². The van der Waals surface area contributed by atoms with Crippen LogP contribution >= 0.6 is 11.6 Å². The first-order valence-corrected chi connectivity index (χ1v) is 10.8. The molecule has 0 spiro atoms.